The normalized spacial score (nSPS) is 15.6. The van der Waals surface area contributed by atoms with E-state index in [0.717, 1.165) is 38.4 Å². The molecule has 0 aliphatic heterocycles. The Morgan fingerprint density at radius 3 is 1.96 bits per heavy atom. The fourth-order valence-electron chi connectivity index (χ4n) is 2.81. The molecule has 4 nitrogen and oxygen atoms in total. The number of ether oxygens (including phenoxy) is 1. The maximum absolute atomic E-state index is 12.3. The van der Waals surface area contributed by atoms with Gasteiger partial charge in [0.2, 0.25) is 0 Å². The molecule has 0 bridgehead atoms. The fourth-order valence-corrected chi connectivity index (χ4v) is 2.81. The summed E-state index contributed by atoms with van der Waals surface area (Å²) < 4.78 is 10.8. The van der Waals surface area contributed by atoms with Gasteiger partial charge in [-0.3, -0.25) is 4.79 Å². The Bertz CT molecular complexity index is 412. The van der Waals surface area contributed by atoms with Crippen LogP contribution in [0.15, 0.2) is 0 Å². The second-order valence-electron chi connectivity index (χ2n) is 9.03. The van der Waals surface area contributed by atoms with E-state index in [1.165, 1.54) is 7.11 Å². The maximum atomic E-state index is 12.3. The van der Waals surface area contributed by atoms with Crippen molar-refractivity contribution in [2.24, 2.45) is 10.8 Å². The molecule has 0 aliphatic carbocycles. The smallest absolute Gasteiger partial charge is 0.311 e. The number of unbranched alkanes of at least 4 members (excludes halogenated alkanes) is 1. The second-order valence-corrected chi connectivity index (χ2v) is 9.03. The zero-order valence-corrected chi connectivity index (χ0v) is 18.0. The lowest BCUT2D eigenvalue weighted by molar-refractivity contribution is -0.159. The molecule has 0 aromatic carbocycles. The van der Waals surface area contributed by atoms with Crippen molar-refractivity contribution in [3.63, 3.8) is 0 Å². The van der Waals surface area contributed by atoms with Crippen molar-refractivity contribution in [2.45, 2.75) is 105 Å². The van der Waals surface area contributed by atoms with Gasteiger partial charge in [-0.2, -0.15) is 0 Å². The average molecular weight is 355 g/mol. The molecule has 147 valence electrons. The molecule has 0 aliphatic rings. The zero-order chi connectivity index (χ0) is 19.9. The second kappa shape index (κ2) is 9.41. The van der Waals surface area contributed by atoms with E-state index in [1.807, 2.05) is 27.7 Å². The summed E-state index contributed by atoms with van der Waals surface area (Å²) in [4.78, 5) is 12.3. The van der Waals surface area contributed by atoms with Gasteiger partial charge in [-0.1, -0.05) is 39.4 Å². The predicted octanol–water partition coefficient (Wildman–Crippen LogP) is 4.77. The first-order chi connectivity index (χ1) is 11.2. The molecular weight excluding hydrogens is 315 g/mol. The molecule has 0 aromatic rings. The summed E-state index contributed by atoms with van der Waals surface area (Å²) in [6, 6.07) is 0. The van der Waals surface area contributed by atoms with Crippen molar-refractivity contribution in [3.05, 3.63) is 0 Å². The van der Waals surface area contributed by atoms with E-state index in [1.54, 1.807) is 21.3 Å². The molecular formula is C20H40BO4. The van der Waals surface area contributed by atoms with E-state index in [2.05, 4.69) is 13.8 Å². The molecule has 0 unspecified atom stereocenters. The Kier molecular flexibility index (Phi) is 9.20. The quantitative estimate of drug-likeness (QED) is 0.311. The van der Waals surface area contributed by atoms with Gasteiger partial charge >= 0.3 is 5.97 Å². The van der Waals surface area contributed by atoms with Crippen LogP contribution in [0.2, 0.25) is 6.32 Å². The van der Waals surface area contributed by atoms with Crippen LogP contribution in [0.4, 0.5) is 0 Å². The number of carbonyl (C=O) groups excluding carboxylic acids is 1. The molecule has 0 saturated carbocycles. The Hall–Kier alpha value is -0.545. The van der Waals surface area contributed by atoms with Crippen molar-refractivity contribution in [3.8, 4) is 0 Å². The number of hydrogen-bond acceptors (Lipinski definition) is 4. The van der Waals surface area contributed by atoms with Crippen LogP contribution in [0, 0.1) is 10.8 Å². The summed E-state index contributed by atoms with van der Waals surface area (Å²) in [5.41, 5.74) is -2.18. The Morgan fingerprint density at radius 2 is 1.52 bits per heavy atom. The van der Waals surface area contributed by atoms with E-state index >= 15 is 0 Å². The average Bonchev–Trinajstić information content (AvgIpc) is 2.50. The summed E-state index contributed by atoms with van der Waals surface area (Å²) >= 11 is 0. The SMILES string of the molecule is CCCC[C@@](C)(CCC[B]OC(C)(C)C(C)(C)O)C(C)(C)C(=O)OC. The maximum Gasteiger partial charge on any atom is 0.311 e. The molecule has 0 aromatic heterocycles. The molecule has 0 rings (SSSR count). The van der Waals surface area contributed by atoms with Crippen molar-refractivity contribution >= 4 is 13.5 Å². The summed E-state index contributed by atoms with van der Waals surface area (Å²) in [7, 11) is 3.26. The van der Waals surface area contributed by atoms with Crippen LogP contribution in [-0.2, 0) is 14.2 Å². The van der Waals surface area contributed by atoms with Gasteiger partial charge in [0.05, 0.1) is 23.7 Å². The Morgan fingerprint density at radius 1 is 1.00 bits per heavy atom. The van der Waals surface area contributed by atoms with Crippen LogP contribution in [-0.4, -0.2) is 36.9 Å². The molecule has 0 fully saturated rings. The van der Waals surface area contributed by atoms with Gasteiger partial charge in [-0.15, -0.1) is 0 Å². The van der Waals surface area contributed by atoms with Crippen molar-refractivity contribution < 1.29 is 19.3 Å². The summed E-state index contributed by atoms with van der Waals surface area (Å²) in [6.07, 6.45) is 5.87. The highest BCUT2D eigenvalue weighted by atomic mass is 16.5. The lowest BCUT2D eigenvalue weighted by Crippen LogP contribution is -2.48. The number of hydrogen-bond donors (Lipinski definition) is 1. The minimum Gasteiger partial charge on any atom is -0.469 e. The largest absolute Gasteiger partial charge is 0.469 e. The third kappa shape index (κ3) is 6.60. The number of aliphatic hydroxyl groups is 1. The highest BCUT2D eigenvalue weighted by Gasteiger charge is 2.46. The van der Waals surface area contributed by atoms with Crippen molar-refractivity contribution in [1.29, 1.82) is 0 Å². The molecule has 0 amide bonds. The monoisotopic (exact) mass is 355 g/mol. The van der Waals surface area contributed by atoms with E-state index in [4.69, 9.17) is 9.39 Å². The van der Waals surface area contributed by atoms with E-state index < -0.39 is 16.6 Å². The first kappa shape index (κ1) is 24.5. The lowest BCUT2D eigenvalue weighted by Gasteiger charge is -2.43. The van der Waals surface area contributed by atoms with Gasteiger partial charge < -0.3 is 14.5 Å². The van der Waals surface area contributed by atoms with Crippen LogP contribution in [0.5, 0.6) is 0 Å². The molecule has 5 heteroatoms. The molecule has 25 heavy (non-hydrogen) atoms. The minimum atomic E-state index is -0.911. The summed E-state index contributed by atoms with van der Waals surface area (Å²) in [5.74, 6) is -0.144. The minimum absolute atomic E-state index is 0.115. The van der Waals surface area contributed by atoms with Gasteiger partial charge in [0.1, 0.15) is 0 Å². The van der Waals surface area contributed by atoms with E-state index in [0.29, 0.717) is 0 Å². The zero-order valence-electron chi connectivity index (χ0n) is 18.0. The lowest BCUT2D eigenvalue weighted by atomic mass is 9.61. The van der Waals surface area contributed by atoms with Gasteiger partial charge in [-0.25, -0.2) is 0 Å². The molecule has 1 atom stereocenters. The number of rotatable bonds is 12. The van der Waals surface area contributed by atoms with Crippen LogP contribution in [0.1, 0.15) is 87.5 Å². The number of carbonyl (C=O) groups is 1. The van der Waals surface area contributed by atoms with Crippen LogP contribution >= 0.6 is 0 Å². The highest BCUT2D eigenvalue weighted by Crippen LogP contribution is 2.47. The van der Waals surface area contributed by atoms with E-state index in [9.17, 15) is 9.90 Å². The summed E-state index contributed by atoms with van der Waals surface area (Å²) in [6.45, 7) is 15.6. The van der Waals surface area contributed by atoms with Crippen LogP contribution < -0.4 is 0 Å². The summed E-state index contributed by atoms with van der Waals surface area (Å²) in [5, 5.41) is 10.1. The molecule has 0 spiro atoms. The topological polar surface area (TPSA) is 55.8 Å². The highest BCUT2D eigenvalue weighted by molar-refractivity contribution is 6.27. The molecule has 0 heterocycles. The van der Waals surface area contributed by atoms with Crippen LogP contribution in [0.25, 0.3) is 0 Å². The first-order valence-corrected chi connectivity index (χ1v) is 9.55. The van der Waals surface area contributed by atoms with Crippen LogP contribution in [0.3, 0.4) is 0 Å². The third-order valence-corrected chi connectivity index (χ3v) is 6.19. The molecule has 1 radical (unpaired) electrons. The van der Waals surface area contributed by atoms with Gasteiger partial charge in [-0.05, 0) is 59.8 Å². The van der Waals surface area contributed by atoms with Crippen molar-refractivity contribution in [1.82, 2.24) is 0 Å². The van der Waals surface area contributed by atoms with E-state index in [-0.39, 0.29) is 11.4 Å². The molecule has 0 saturated heterocycles. The number of methoxy groups -OCH3 is 1. The number of esters is 1. The van der Waals surface area contributed by atoms with Crippen molar-refractivity contribution in [2.75, 3.05) is 7.11 Å². The predicted molar refractivity (Wildman–Crippen MR) is 105 cm³/mol. The van der Waals surface area contributed by atoms with Gasteiger partial charge in [0, 0.05) is 0 Å². The van der Waals surface area contributed by atoms with Gasteiger partial charge in [0.15, 0.2) is 0 Å². The Labute approximate surface area is 156 Å². The first-order valence-electron chi connectivity index (χ1n) is 9.55. The molecule has 1 N–H and O–H groups in total. The van der Waals surface area contributed by atoms with Gasteiger partial charge in [0.25, 0.3) is 7.48 Å². The Balaban J connectivity index is 4.74. The fraction of sp³-hybridized carbons (Fsp3) is 0.950. The standard InChI is InChI=1S/C20H40BO4/c1-10-11-13-20(8,17(2,3)16(22)24-9)14-12-15-21-25-19(6,7)18(4,5)23/h23H,10-15H2,1-9H3/t20-/m0/s1. The third-order valence-electron chi connectivity index (χ3n) is 6.19.